The van der Waals surface area contributed by atoms with E-state index >= 15 is 0 Å². The minimum atomic E-state index is 0.00660. The number of nitrogens with zero attached hydrogens (tertiary/aromatic N) is 3. The third kappa shape index (κ3) is 4.93. The van der Waals surface area contributed by atoms with Gasteiger partial charge in [-0.1, -0.05) is 6.42 Å². The van der Waals surface area contributed by atoms with Crippen molar-refractivity contribution in [2.45, 2.75) is 52.0 Å². The van der Waals surface area contributed by atoms with Crippen LogP contribution in [-0.4, -0.2) is 46.5 Å². The fourth-order valence-corrected chi connectivity index (χ4v) is 4.76. The minimum absolute atomic E-state index is 0.00660. The number of carbonyl (C=O) groups excluding carboxylic acids is 1. The molecule has 0 aliphatic carbocycles. The molecule has 2 aliphatic rings. The molecule has 154 valence electrons. The topological polar surface area (TPSA) is 70.2 Å². The molecule has 29 heavy (non-hydrogen) atoms. The SMILES string of the molecule is Cc1cc(C)nc(Nc2ccc(C(=O)NC[C@@H]3CCCN4CCCC[C@@H]34)cc2)n1. The van der Waals surface area contributed by atoms with Gasteiger partial charge in [-0.25, -0.2) is 9.97 Å². The first-order chi connectivity index (χ1) is 14.1. The Morgan fingerprint density at radius 3 is 2.52 bits per heavy atom. The Balaban J connectivity index is 1.33. The van der Waals surface area contributed by atoms with Gasteiger partial charge in [0.1, 0.15) is 0 Å². The number of aromatic nitrogens is 2. The Bertz CT molecular complexity index is 829. The molecule has 1 aromatic heterocycles. The Labute approximate surface area is 173 Å². The van der Waals surface area contributed by atoms with Crippen molar-refractivity contribution >= 4 is 17.5 Å². The number of fused-ring (bicyclic) bond motifs is 1. The normalized spacial score (nSPS) is 22.0. The van der Waals surface area contributed by atoms with Crippen molar-refractivity contribution in [3.8, 4) is 0 Å². The second-order valence-electron chi connectivity index (χ2n) is 8.39. The van der Waals surface area contributed by atoms with E-state index in [1.54, 1.807) is 0 Å². The highest BCUT2D eigenvalue weighted by atomic mass is 16.1. The Hall–Kier alpha value is -2.47. The predicted octanol–water partition coefficient (Wildman–Crippen LogP) is 3.83. The molecule has 6 heteroatoms. The van der Waals surface area contributed by atoms with Crippen LogP contribution in [-0.2, 0) is 0 Å². The van der Waals surface area contributed by atoms with Crippen molar-refractivity contribution in [2.75, 3.05) is 25.0 Å². The fraction of sp³-hybridized carbons (Fsp3) is 0.522. The molecule has 2 saturated heterocycles. The van der Waals surface area contributed by atoms with Crippen molar-refractivity contribution in [1.82, 2.24) is 20.2 Å². The van der Waals surface area contributed by atoms with Gasteiger partial charge in [0.15, 0.2) is 0 Å². The van der Waals surface area contributed by atoms with E-state index in [9.17, 15) is 4.79 Å². The quantitative estimate of drug-likeness (QED) is 0.808. The molecule has 1 aromatic carbocycles. The number of benzene rings is 1. The second kappa shape index (κ2) is 8.91. The van der Waals surface area contributed by atoms with Crippen LogP contribution in [0.5, 0.6) is 0 Å². The van der Waals surface area contributed by atoms with Crippen LogP contribution in [0.2, 0.25) is 0 Å². The van der Waals surface area contributed by atoms with Crippen LogP contribution in [0.4, 0.5) is 11.6 Å². The number of anilines is 2. The van der Waals surface area contributed by atoms with Crippen LogP contribution in [0, 0.1) is 19.8 Å². The van der Waals surface area contributed by atoms with Gasteiger partial charge in [-0.05, 0) is 88.9 Å². The smallest absolute Gasteiger partial charge is 0.251 e. The highest BCUT2D eigenvalue weighted by Gasteiger charge is 2.32. The Morgan fingerprint density at radius 2 is 1.76 bits per heavy atom. The number of carbonyl (C=O) groups is 1. The van der Waals surface area contributed by atoms with Gasteiger partial charge in [0.25, 0.3) is 5.91 Å². The lowest BCUT2D eigenvalue weighted by Crippen LogP contribution is -2.51. The molecule has 1 amide bonds. The maximum atomic E-state index is 12.6. The third-order valence-corrected chi connectivity index (χ3v) is 6.14. The first kappa shape index (κ1) is 19.8. The molecule has 2 fully saturated rings. The number of hydrogen-bond donors (Lipinski definition) is 2. The summed E-state index contributed by atoms with van der Waals surface area (Å²) in [4.78, 5) is 24.1. The van der Waals surface area contributed by atoms with Crippen LogP contribution in [0.1, 0.15) is 53.8 Å². The van der Waals surface area contributed by atoms with Crippen LogP contribution in [0.3, 0.4) is 0 Å². The van der Waals surface area contributed by atoms with Crippen molar-refractivity contribution < 1.29 is 4.79 Å². The number of hydrogen-bond acceptors (Lipinski definition) is 5. The van der Waals surface area contributed by atoms with E-state index in [1.807, 2.05) is 44.2 Å². The van der Waals surface area contributed by atoms with Gasteiger partial charge in [0.05, 0.1) is 0 Å². The zero-order chi connectivity index (χ0) is 20.2. The highest BCUT2D eigenvalue weighted by Crippen LogP contribution is 2.30. The molecular weight excluding hydrogens is 362 g/mol. The molecule has 2 aromatic rings. The van der Waals surface area contributed by atoms with E-state index in [-0.39, 0.29) is 5.91 Å². The lowest BCUT2D eigenvalue weighted by Gasteiger charge is -2.44. The standard InChI is InChI=1S/C23H31N5O/c1-16-14-17(2)26-23(25-16)27-20-10-8-18(9-11-20)22(29)24-15-19-6-5-13-28-12-4-3-7-21(19)28/h8-11,14,19,21H,3-7,12-13,15H2,1-2H3,(H,24,29)(H,25,26,27)/t19-,21-/m0/s1. The number of rotatable bonds is 5. The minimum Gasteiger partial charge on any atom is -0.352 e. The van der Waals surface area contributed by atoms with Gasteiger partial charge >= 0.3 is 0 Å². The van der Waals surface area contributed by atoms with Crippen LogP contribution < -0.4 is 10.6 Å². The first-order valence-corrected chi connectivity index (χ1v) is 10.8. The molecule has 2 aliphatic heterocycles. The van der Waals surface area contributed by atoms with E-state index in [1.165, 1.54) is 45.2 Å². The Morgan fingerprint density at radius 1 is 1.03 bits per heavy atom. The lowest BCUT2D eigenvalue weighted by molar-refractivity contribution is 0.0575. The average Bonchev–Trinajstić information content (AvgIpc) is 2.72. The largest absolute Gasteiger partial charge is 0.352 e. The molecular formula is C23H31N5O. The molecule has 0 radical (unpaired) electrons. The van der Waals surface area contributed by atoms with Crippen molar-refractivity contribution in [3.63, 3.8) is 0 Å². The number of aryl methyl sites for hydroxylation is 2. The monoisotopic (exact) mass is 393 g/mol. The summed E-state index contributed by atoms with van der Waals surface area (Å²) in [5.41, 5.74) is 3.41. The predicted molar refractivity (Wildman–Crippen MR) is 115 cm³/mol. The maximum absolute atomic E-state index is 12.6. The maximum Gasteiger partial charge on any atom is 0.251 e. The summed E-state index contributed by atoms with van der Waals surface area (Å²) in [6, 6.07) is 10.1. The second-order valence-corrected chi connectivity index (χ2v) is 8.39. The molecule has 6 nitrogen and oxygen atoms in total. The van der Waals surface area contributed by atoms with Gasteiger partial charge in [-0.3, -0.25) is 4.79 Å². The third-order valence-electron chi connectivity index (χ3n) is 6.14. The summed E-state index contributed by atoms with van der Waals surface area (Å²) in [6.07, 6.45) is 6.40. The van der Waals surface area contributed by atoms with Gasteiger partial charge in [-0.2, -0.15) is 0 Å². The zero-order valence-electron chi connectivity index (χ0n) is 17.4. The molecule has 3 heterocycles. The highest BCUT2D eigenvalue weighted by molar-refractivity contribution is 5.94. The van der Waals surface area contributed by atoms with Gasteiger partial charge in [-0.15, -0.1) is 0 Å². The van der Waals surface area contributed by atoms with Crippen molar-refractivity contribution in [3.05, 3.63) is 47.3 Å². The van der Waals surface area contributed by atoms with E-state index in [0.717, 1.165) is 23.6 Å². The van der Waals surface area contributed by atoms with E-state index < -0.39 is 0 Å². The van der Waals surface area contributed by atoms with Gasteiger partial charge < -0.3 is 15.5 Å². The van der Waals surface area contributed by atoms with Gasteiger partial charge in [0.2, 0.25) is 5.95 Å². The molecule has 0 bridgehead atoms. The molecule has 0 unspecified atom stereocenters. The number of amides is 1. The van der Waals surface area contributed by atoms with Crippen LogP contribution in [0.15, 0.2) is 30.3 Å². The average molecular weight is 394 g/mol. The molecule has 4 rings (SSSR count). The molecule has 2 atom stereocenters. The van der Waals surface area contributed by atoms with Crippen LogP contribution >= 0.6 is 0 Å². The van der Waals surface area contributed by atoms with E-state index in [0.29, 0.717) is 23.5 Å². The summed E-state index contributed by atoms with van der Waals surface area (Å²) in [6.45, 7) is 7.14. The van der Waals surface area contributed by atoms with Crippen molar-refractivity contribution in [1.29, 1.82) is 0 Å². The van der Waals surface area contributed by atoms with E-state index in [4.69, 9.17) is 0 Å². The number of nitrogens with one attached hydrogen (secondary N) is 2. The van der Waals surface area contributed by atoms with Crippen molar-refractivity contribution in [2.24, 2.45) is 5.92 Å². The van der Waals surface area contributed by atoms with Gasteiger partial charge in [0, 0.05) is 35.2 Å². The first-order valence-electron chi connectivity index (χ1n) is 10.8. The fourth-order valence-electron chi connectivity index (χ4n) is 4.76. The molecule has 0 saturated carbocycles. The summed E-state index contributed by atoms with van der Waals surface area (Å²) < 4.78 is 0. The zero-order valence-corrected chi connectivity index (χ0v) is 17.4. The summed E-state index contributed by atoms with van der Waals surface area (Å²) in [5, 5.41) is 6.38. The summed E-state index contributed by atoms with van der Waals surface area (Å²) >= 11 is 0. The Kier molecular flexibility index (Phi) is 6.09. The summed E-state index contributed by atoms with van der Waals surface area (Å²) in [5.74, 6) is 1.16. The molecule has 2 N–H and O–H groups in total. The number of piperidine rings is 2. The molecule has 0 spiro atoms. The van der Waals surface area contributed by atoms with E-state index in [2.05, 4.69) is 25.5 Å². The summed E-state index contributed by atoms with van der Waals surface area (Å²) in [7, 11) is 0. The van der Waals surface area contributed by atoms with Crippen LogP contribution in [0.25, 0.3) is 0 Å². The lowest BCUT2D eigenvalue weighted by atomic mass is 9.83.